The van der Waals surface area contributed by atoms with Gasteiger partial charge in [0.25, 0.3) is 0 Å². The number of halogens is 3. The number of nitrogens with zero attached hydrogens (tertiary/aromatic N) is 1. The SMILES string of the molecule is CCC[CH2][Sn]([CH2]CCC)([CH2]CCC)[CH2]c1ccc(C(F)(F)F)cc1CN(C)[CH2][Sn]([CH2]CCC)([CH2]CCC)[CH2]CCC. The zero-order valence-corrected chi connectivity index (χ0v) is 33.9. The third kappa shape index (κ3) is 14.9. The van der Waals surface area contributed by atoms with Gasteiger partial charge in [-0.15, -0.1) is 0 Å². The first-order valence-corrected chi connectivity index (χ1v) is 33.6. The molecule has 0 heterocycles. The van der Waals surface area contributed by atoms with Gasteiger partial charge < -0.3 is 0 Å². The summed E-state index contributed by atoms with van der Waals surface area (Å²) in [7, 11) is 2.22. The summed E-state index contributed by atoms with van der Waals surface area (Å²) in [4.78, 5) is 2.48. The van der Waals surface area contributed by atoms with Gasteiger partial charge in [0.1, 0.15) is 0 Å². The standard InChI is InChI=1S/C11H12F3N.6C4H9.2Sn/c1-8-4-5-10(11(12,13)14)6-9(8)7-15(2)3;6*1-3-4-2;;/h4-6H,1-2,7H2,3H3;6*1,3-4H2,2H3;;. The van der Waals surface area contributed by atoms with E-state index in [1.807, 2.05) is 6.07 Å². The Bertz CT molecular complexity index is 768. The van der Waals surface area contributed by atoms with Crippen molar-refractivity contribution in [3.05, 3.63) is 34.9 Å². The van der Waals surface area contributed by atoms with Crippen LogP contribution in [0.25, 0.3) is 0 Å². The van der Waals surface area contributed by atoms with Crippen LogP contribution in [0.15, 0.2) is 18.2 Å². The second-order valence-corrected chi connectivity index (χ2v) is 41.1. The first-order valence-electron chi connectivity index (χ1n) is 17.4. The summed E-state index contributed by atoms with van der Waals surface area (Å²) in [6.07, 6.45) is 11.0. The number of hydrogen-bond acceptors (Lipinski definition) is 1. The summed E-state index contributed by atoms with van der Waals surface area (Å²) in [5, 5.41) is 0. The van der Waals surface area contributed by atoms with E-state index in [1.54, 1.807) is 6.07 Å². The summed E-state index contributed by atoms with van der Waals surface area (Å²) in [5.74, 6) is 0. The molecule has 1 aromatic carbocycles. The molecule has 1 aromatic rings. The maximum atomic E-state index is 14.0. The number of unbranched alkanes of at least 4 members (excludes halogenated alkanes) is 6. The molecule has 0 bridgehead atoms. The number of hydrogen-bond donors (Lipinski definition) is 0. The van der Waals surface area contributed by atoms with E-state index < -0.39 is 48.5 Å². The van der Waals surface area contributed by atoms with Gasteiger partial charge in [0, 0.05) is 0 Å². The molecule has 0 aliphatic carbocycles. The Hall–Kier alpha value is 0.567. The van der Waals surface area contributed by atoms with Crippen molar-refractivity contribution in [3.63, 3.8) is 0 Å². The zero-order valence-electron chi connectivity index (χ0n) is 28.2. The molecule has 240 valence electrons. The van der Waals surface area contributed by atoms with Crippen LogP contribution in [0.2, 0.25) is 26.6 Å². The second kappa shape index (κ2) is 21.3. The number of benzene rings is 1. The Balaban J connectivity index is 3.46. The Morgan fingerprint density at radius 3 is 1.34 bits per heavy atom. The molecule has 41 heavy (non-hydrogen) atoms. The van der Waals surface area contributed by atoms with Gasteiger partial charge in [-0.2, -0.15) is 0 Å². The quantitative estimate of drug-likeness (QED) is 0.0942. The fourth-order valence-corrected chi connectivity index (χ4v) is 39.9. The third-order valence-electron chi connectivity index (χ3n) is 9.51. The van der Waals surface area contributed by atoms with Crippen LogP contribution in [0.4, 0.5) is 13.2 Å². The molecular formula is C35H66F3NSn2. The molecule has 1 rings (SSSR count). The first kappa shape index (κ1) is 39.6. The van der Waals surface area contributed by atoms with Crippen molar-refractivity contribution in [2.24, 2.45) is 0 Å². The van der Waals surface area contributed by atoms with Crippen molar-refractivity contribution in [2.75, 3.05) is 11.6 Å². The van der Waals surface area contributed by atoms with E-state index in [-0.39, 0.29) is 0 Å². The van der Waals surface area contributed by atoms with Crippen molar-refractivity contribution < 1.29 is 13.2 Å². The van der Waals surface area contributed by atoms with Crippen molar-refractivity contribution in [1.82, 2.24) is 4.90 Å². The third-order valence-corrected chi connectivity index (χ3v) is 40.4. The van der Waals surface area contributed by atoms with Gasteiger partial charge in [-0.05, 0) is 0 Å². The van der Waals surface area contributed by atoms with E-state index in [0.29, 0.717) is 6.54 Å². The monoisotopic (exact) mass is 797 g/mol. The van der Waals surface area contributed by atoms with E-state index >= 15 is 0 Å². The molecule has 0 aliphatic heterocycles. The normalized spacial score (nSPS) is 13.0. The Kier molecular flexibility index (Phi) is 20.6. The summed E-state index contributed by atoms with van der Waals surface area (Å²) in [6, 6.07) is 4.84. The molecule has 0 saturated heterocycles. The van der Waals surface area contributed by atoms with Crippen LogP contribution >= 0.6 is 0 Å². The fourth-order valence-electron chi connectivity index (χ4n) is 7.01. The molecule has 1 nitrogen and oxygen atoms in total. The summed E-state index contributed by atoms with van der Waals surface area (Å²) >= 11 is -5.01. The van der Waals surface area contributed by atoms with Gasteiger partial charge in [-0.1, -0.05) is 0 Å². The van der Waals surface area contributed by atoms with Crippen molar-refractivity contribution in [3.8, 4) is 0 Å². The van der Waals surface area contributed by atoms with Gasteiger partial charge in [0.05, 0.1) is 0 Å². The molecular weight excluding hydrogens is 729 g/mol. The van der Waals surface area contributed by atoms with Crippen LogP contribution in [-0.2, 0) is 17.2 Å². The maximum absolute atomic E-state index is 14.0. The molecule has 0 spiro atoms. The van der Waals surface area contributed by atoms with Crippen molar-refractivity contribution in [2.45, 2.75) is 162 Å². The summed E-state index contributed by atoms with van der Waals surface area (Å²) in [5.41, 5.74) is 1.79. The molecule has 0 unspecified atom stereocenters. The zero-order chi connectivity index (χ0) is 30.8. The average Bonchev–Trinajstić information content (AvgIpc) is 2.94. The van der Waals surface area contributed by atoms with Crippen LogP contribution in [0, 0.1) is 0 Å². The minimum absolute atomic E-state index is 0.459. The summed E-state index contributed by atoms with van der Waals surface area (Å²) in [6.45, 7) is 14.5. The second-order valence-electron chi connectivity index (χ2n) is 13.5. The van der Waals surface area contributed by atoms with E-state index in [9.17, 15) is 13.2 Å². The predicted octanol–water partition coefficient (Wildman–Crippen LogP) is 12.5. The Labute approximate surface area is 262 Å². The molecule has 0 amide bonds. The van der Waals surface area contributed by atoms with Gasteiger partial charge in [0.2, 0.25) is 0 Å². The molecule has 6 heteroatoms. The Morgan fingerprint density at radius 1 is 0.585 bits per heavy atom. The van der Waals surface area contributed by atoms with E-state index in [4.69, 9.17) is 0 Å². The molecule has 0 atom stereocenters. The topological polar surface area (TPSA) is 3.24 Å². The fraction of sp³-hybridized carbons (Fsp3) is 0.829. The molecule has 0 saturated carbocycles. The van der Waals surface area contributed by atoms with E-state index in [0.717, 1.165) is 10.0 Å². The molecule has 0 fully saturated rings. The van der Waals surface area contributed by atoms with Gasteiger partial charge >= 0.3 is 264 Å². The molecule has 0 N–H and O–H groups in total. The van der Waals surface area contributed by atoms with Crippen LogP contribution < -0.4 is 0 Å². The van der Waals surface area contributed by atoms with Gasteiger partial charge in [-0.3, -0.25) is 0 Å². The molecule has 0 aliphatic rings. The van der Waals surface area contributed by atoms with Crippen molar-refractivity contribution >= 4 is 36.8 Å². The van der Waals surface area contributed by atoms with Gasteiger partial charge in [-0.25, -0.2) is 0 Å². The summed E-state index contributed by atoms with van der Waals surface area (Å²) < 4.78 is 52.8. The van der Waals surface area contributed by atoms with Crippen LogP contribution in [0.1, 0.15) is 135 Å². The van der Waals surface area contributed by atoms with Crippen molar-refractivity contribution in [1.29, 1.82) is 0 Å². The van der Waals surface area contributed by atoms with Crippen LogP contribution in [0.5, 0.6) is 0 Å². The van der Waals surface area contributed by atoms with Crippen LogP contribution in [-0.4, -0.2) is 53.3 Å². The van der Waals surface area contributed by atoms with Gasteiger partial charge in [0.15, 0.2) is 0 Å². The number of alkyl halides is 3. The number of rotatable bonds is 24. The van der Waals surface area contributed by atoms with E-state index in [1.165, 1.54) is 120 Å². The Morgan fingerprint density at radius 2 is 0.976 bits per heavy atom. The average molecular weight is 795 g/mol. The first-order chi connectivity index (χ1) is 19.5. The molecule has 0 radical (unpaired) electrons. The minimum atomic E-state index is -4.29. The molecule has 0 aromatic heterocycles. The van der Waals surface area contributed by atoms with Crippen LogP contribution in [0.3, 0.4) is 0 Å². The predicted molar refractivity (Wildman–Crippen MR) is 181 cm³/mol. The van der Waals surface area contributed by atoms with E-state index in [2.05, 4.69) is 53.5 Å².